The van der Waals surface area contributed by atoms with Crippen LogP contribution in [0.5, 0.6) is 0 Å². The molecule has 1 aromatic carbocycles. The average molecular weight is 364 g/mol. The van der Waals surface area contributed by atoms with Gasteiger partial charge < -0.3 is 5.32 Å². The Kier molecular flexibility index (Phi) is 5.68. The Balaban J connectivity index is 2.23. The number of hydrogen-bond donors (Lipinski definition) is 1. The van der Waals surface area contributed by atoms with Crippen LogP contribution in [0.4, 0.5) is 11.5 Å². The Morgan fingerprint density at radius 3 is 2.64 bits per heavy atom. The molecule has 1 atom stereocenters. The summed E-state index contributed by atoms with van der Waals surface area (Å²) in [7, 11) is -3.02. The van der Waals surface area contributed by atoms with E-state index in [1.165, 1.54) is 18.4 Å². The number of nitrogens with zero attached hydrogens (tertiary/aromatic N) is 3. The highest BCUT2D eigenvalue weighted by Crippen LogP contribution is 2.22. The van der Waals surface area contributed by atoms with Crippen molar-refractivity contribution in [2.75, 3.05) is 17.3 Å². The van der Waals surface area contributed by atoms with E-state index in [4.69, 9.17) is 0 Å². The van der Waals surface area contributed by atoms with Crippen LogP contribution in [-0.4, -0.2) is 41.4 Å². The zero-order valence-corrected chi connectivity index (χ0v) is 15.1. The van der Waals surface area contributed by atoms with Gasteiger partial charge in [-0.3, -0.25) is 10.1 Å². The number of nitro benzene ring substituents is 1. The molecule has 0 aliphatic heterocycles. The van der Waals surface area contributed by atoms with Crippen molar-refractivity contribution in [2.24, 2.45) is 0 Å². The summed E-state index contributed by atoms with van der Waals surface area (Å²) in [4.78, 5) is 19.2. The first kappa shape index (κ1) is 18.8. The van der Waals surface area contributed by atoms with Crippen molar-refractivity contribution in [3.63, 3.8) is 0 Å². The summed E-state index contributed by atoms with van der Waals surface area (Å²) in [5, 5.41) is 14.1. The Morgan fingerprint density at radius 1 is 1.28 bits per heavy atom. The molecule has 2 rings (SSSR count). The normalized spacial score (nSPS) is 12.6. The van der Waals surface area contributed by atoms with Gasteiger partial charge in [0.05, 0.1) is 10.7 Å². The summed E-state index contributed by atoms with van der Waals surface area (Å²) in [6, 6.07) is 7.77. The first-order valence-electron chi connectivity index (χ1n) is 7.69. The van der Waals surface area contributed by atoms with Gasteiger partial charge in [0.1, 0.15) is 15.7 Å². The number of rotatable bonds is 7. The lowest BCUT2D eigenvalue weighted by molar-refractivity contribution is -0.384. The van der Waals surface area contributed by atoms with Crippen molar-refractivity contribution in [1.29, 1.82) is 0 Å². The molecule has 1 unspecified atom stereocenters. The van der Waals surface area contributed by atoms with Crippen LogP contribution < -0.4 is 5.32 Å². The average Bonchev–Trinajstić information content (AvgIpc) is 2.52. The van der Waals surface area contributed by atoms with Gasteiger partial charge in [0.2, 0.25) is 0 Å². The molecule has 0 spiro atoms. The first-order valence-corrected chi connectivity index (χ1v) is 9.75. The van der Waals surface area contributed by atoms with Crippen molar-refractivity contribution in [1.82, 2.24) is 9.97 Å². The lowest BCUT2D eigenvalue weighted by Gasteiger charge is -2.15. The number of benzene rings is 1. The third-order valence-electron chi connectivity index (χ3n) is 3.49. The molecule has 0 amide bonds. The van der Waals surface area contributed by atoms with E-state index in [2.05, 4.69) is 15.3 Å². The van der Waals surface area contributed by atoms with Crippen LogP contribution >= 0.6 is 0 Å². The Bertz CT molecular complexity index is 883. The number of nitro groups is 1. The van der Waals surface area contributed by atoms with Crippen LogP contribution in [0.1, 0.15) is 19.0 Å². The first-order chi connectivity index (χ1) is 11.6. The summed E-state index contributed by atoms with van der Waals surface area (Å²) < 4.78 is 22.5. The van der Waals surface area contributed by atoms with E-state index >= 15 is 0 Å². The smallest absolute Gasteiger partial charge is 0.270 e. The fourth-order valence-electron chi connectivity index (χ4n) is 2.25. The van der Waals surface area contributed by atoms with E-state index in [1.807, 2.05) is 6.92 Å². The molecule has 0 aliphatic carbocycles. The molecule has 9 heteroatoms. The van der Waals surface area contributed by atoms with E-state index in [0.29, 0.717) is 29.3 Å². The van der Waals surface area contributed by atoms with Crippen LogP contribution in [-0.2, 0) is 9.84 Å². The minimum Gasteiger partial charge on any atom is -0.367 e. The van der Waals surface area contributed by atoms with Crippen molar-refractivity contribution in [3.8, 4) is 11.4 Å². The van der Waals surface area contributed by atoms with E-state index in [1.54, 1.807) is 25.1 Å². The van der Waals surface area contributed by atoms with Crippen molar-refractivity contribution < 1.29 is 13.3 Å². The Morgan fingerprint density at radius 2 is 2.00 bits per heavy atom. The van der Waals surface area contributed by atoms with Crippen LogP contribution in [0, 0.1) is 17.0 Å². The lowest BCUT2D eigenvalue weighted by Crippen LogP contribution is -2.20. The SMILES string of the molecule is Cc1cc(NC(C)CCS(C)(=O)=O)nc(-c2cccc([N+](=O)[O-])c2)n1. The molecular formula is C16H20N4O4S. The molecule has 0 saturated carbocycles. The molecule has 0 saturated heterocycles. The molecule has 0 radical (unpaired) electrons. The Hall–Kier alpha value is -2.55. The van der Waals surface area contributed by atoms with Gasteiger partial charge in [-0.05, 0) is 20.3 Å². The fraction of sp³-hybridized carbons (Fsp3) is 0.375. The van der Waals surface area contributed by atoms with Crippen LogP contribution in [0.25, 0.3) is 11.4 Å². The second kappa shape index (κ2) is 7.56. The molecule has 0 bridgehead atoms. The molecule has 1 N–H and O–H groups in total. The van der Waals surface area contributed by atoms with Crippen LogP contribution in [0.2, 0.25) is 0 Å². The van der Waals surface area contributed by atoms with Gasteiger partial charge in [0.25, 0.3) is 5.69 Å². The summed E-state index contributed by atoms with van der Waals surface area (Å²) >= 11 is 0. The van der Waals surface area contributed by atoms with Gasteiger partial charge >= 0.3 is 0 Å². The molecule has 1 heterocycles. The fourth-order valence-corrected chi connectivity index (χ4v) is 3.03. The second-order valence-corrected chi connectivity index (χ2v) is 8.25. The van der Waals surface area contributed by atoms with Gasteiger partial charge in [0.15, 0.2) is 5.82 Å². The zero-order valence-electron chi connectivity index (χ0n) is 14.3. The quantitative estimate of drug-likeness (QED) is 0.593. The predicted octanol–water partition coefficient (Wildman–Crippen LogP) is 2.60. The molecule has 8 nitrogen and oxygen atoms in total. The number of aromatic nitrogens is 2. The van der Waals surface area contributed by atoms with Crippen molar-refractivity contribution >= 4 is 21.3 Å². The van der Waals surface area contributed by atoms with E-state index in [-0.39, 0.29) is 17.5 Å². The lowest BCUT2D eigenvalue weighted by atomic mass is 10.2. The topological polar surface area (TPSA) is 115 Å². The molecule has 0 aliphatic rings. The highest BCUT2D eigenvalue weighted by molar-refractivity contribution is 7.90. The second-order valence-electron chi connectivity index (χ2n) is 5.99. The van der Waals surface area contributed by atoms with Gasteiger partial charge in [-0.15, -0.1) is 0 Å². The van der Waals surface area contributed by atoms with Crippen LogP contribution in [0.15, 0.2) is 30.3 Å². The standard InChI is InChI=1S/C16H20N4O4S/c1-11(7-8-25(3,23)24)17-15-9-12(2)18-16(19-15)13-5-4-6-14(10-13)20(21)22/h4-6,9-11H,7-8H2,1-3H3,(H,17,18,19). The monoisotopic (exact) mass is 364 g/mol. The van der Waals surface area contributed by atoms with Gasteiger partial charge in [-0.1, -0.05) is 12.1 Å². The maximum Gasteiger partial charge on any atom is 0.270 e. The van der Waals surface area contributed by atoms with Crippen LogP contribution in [0.3, 0.4) is 0 Å². The maximum atomic E-state index is 11.3. The van der Waals surface area contributed by atoms with Gasteiger partial charge in [-0.2, -0.15) is 0 Å². The molecule has 25 heavy (non-hydrogen) atoms. The zero-order chi connectivity index (χ0) is 18.6. The molecule has 0 fully saturated rings. The predicted molar refractivity (Wildman–Crippen MR) is 96.3 cm³/mol. The number of aryl methyl sites for hydroxylation is 1. The summed E-state index contributed by atoms with van der Waals surface area (Å²) in [6.45, 7) is 3.67. The number of hydrogen-bond acceptors (Lipinski definition) is 7. The molecule has 2 aromatic rings. The number of nitrogens with one attached hydrogen (secondary N) is 1. The molecular weight excluding hydrogens is 344 g/mol. The third kappa shape index (κ3) is 5.79. The summed E-state index contributed by atoms with van der Waals surface area (Å²) in [6.07, 6.45) is 1.66. The van der Waals surface area contributed by atoms with E-state index < -0.39 is 14.8 Å². The number of non-ortho nitro benzene ring substituents is 1. The highest BCUT2D eigenvalue weighted by Gasteiger charge is 2.12. The van der Waals surface area contributed by atoms with E-state index in [9.17, 15) is 18.5 Å². The number of sulfone groups is 1. The Labute approximate surface area is 146 Å². The summed E-state index contributed by atoms with van der Waals surface area (Å²) in [5.74, 6) is 1.01. The summed E-state index contributed by atoms with van der Waals surface area (Å²) in [5.41, 5.74) is 1.22. The highest BCUT2D eigenvalue weighted by atomic mass is 32.2. The van der Waals surface area contributed by atoms with Gasteiger partial charge in [0, 0.05) is 41.8 Å². The largest absolute Gasteiger partial charge is 0.367 e. The van der Waals surface area contributed by atoms with Crippen molar-refractivity contribution in [2.45, 2.75) is 26.3 Å². The van der Waals surface area contributed by atoms with Crippen molar-refractivity contribution in [3.05, 3.63) is 46.1 Å². The van der Waals surface area contributed by atoms with E-state index in [0.717, 1.165) is 0 Å². The number of anilines is 1. The van der Waals surface area contributed by atoms with Gasteiger partial charge in [-0.25, -0.2) is 18.4 Å². The minimum atomic E-state index is -3.02. The minimum absolute atomic E-state index is 0.0290. The molecule has 1 aromatic heterocycles. The molecule has 134 valence electrons. The third-order valence-corrected chi connectivity index (χ3v) is 4.46. The maximum absolute atomic E-state index is 11.3.